The Morgan fingerprint density at radius 1 is 0.867 bits per heavy atom. The molecule has 1 rings (SSSR count). The van der Waals surface area contributed by atoms with E-state index in [1.807, 2.05) is 0 Å². The topological polar surface area (TPSA) is 0 Å². The summed E-state index contributed by atoms with van der Waals surface area (Å²) in [5.41, 5.74) is 1.01. The van der Waals surface area contributed by atoms with Crippen LogP contribution in [0.15, 0.2) is 0 Å². The van der Waals surface area contributed by atoms with Crippen LogP contribution in [0.25, 0.3) is 0 Å². The van der Waals surface area contributed by atoms with Gasteiger partial charge in [-0.15, -0.1) is 0 Å². The quantitative estimate of drug-likeness (QED) is 0.537. The Hall–Kier alpha value is 0.430. The lowest BCUT2D eigenvalue weighted by Gasteiger charge is -2.47. The van der Waals surface area contributed by atoms with Crippen molar-refractivity contribution in [2.75, 3.05) is 0 Å². The van der Waals surface area contributed by atoms with Crippen molar-refractivity contribution in [2.45, 2.75) is 83.7 Å². The average Bonchev–Trinajstić information content (AvgIpc) is 2.30. The lowest BCUT2D eigenvalue weighted by atomic mass is 10.1. The first-order valence-corrected chi connectivity index (χ1v) is 7.84. The van der Waals surface area contributed by atoms with Crippen molar-refractivity contribution < 1.29 is 0 Å². The highest BCUT2D eigenvalue weighted by Gasteiger charge is 2.43. The molecule has 0 radical (unpaired) electrons. The maximum Gasteiger partial charge on any atom is -0.0172 e. The predicted octanol–water partition coefficient (Wildman–Crippen LogP) is 5.25. The fraction of sp³-hybridized carbons (Fsp3) is 1.00. The van der Waals surface area contributed by atoms with E-state index >= 15 is 0 Å². The van der Waals surface area contributed by atoms with E-state index in [2.05, 4.69) is 48.5 Å². The van der Waals surface area contributed by atoms with Crippen LogP contribution in [-0.4, -0.2) is 16.0 Å². The van der Waals surface area contributed by atoms with Gasteiger partial charge in [0, 0.05) is 0 Å². The molecule has 1 saturated carbocycles. The molecule has 1 aliphatic rings. The minimum atomic E-state index is 0.117. The summed E-state index contributed by atoms with van der Waals surface area (Å²) in [4.78, 5) is 0. The summed E-state index contributed by atoms with van der Waals surface area (Å²) in [6.45, 7) is 17.2. The third-order valence-electron chi connectivity index (χ3n) is 3.59. The lowest BCUT2D eigenvalue weighted by Crippen LogP contribution is -2.32. The molecule has 1 heteroatoms. The molecule has 0 heterocycles. The first-order valence-electron chi connectivity index (χ1n) is 6.43. The van der Waals surface area contributed by atoms with Crippen LogP contribution in [0, 0.1) is 5.92 Å². The highest BCUT2D eigenvalue weighted by molar-refractivity contribution is 7.61. The van der Waals surface area contributed by atoms with Gasteiger partial charge in [0.2, 0.25) is 0 Å². The van der Waals surface area contributed by atoms with Crippen LogP contribution < -0.4 is 0 Å². The van der Waals surface area contributed by atoms with Crippen molar-refractivity contribution in [3.05, 3.63) is 0 Å². The van der Waals surface area contributed by atoms with Crippen molar-refractivity contribution >= 4 is 7.92 Å². The molecule has 0 nitrogen and oxygen atoms in total. The van der Waals surface area contributed by atoms with Crippen molar-refractivity contribution in [2.24, 2.45) is 5.92 Å². The van der Waals surface area contributed by atoms with E-state index in [9.17, 15) is 0 Å². The molecule has 0 bridgehead atoms. The van der Waals surface area contributed by atoms with E-state index < -0.39 is 0 Å². The molecular formula is C14H29P. The Morgan fingerprint density at radius 2 is 1.33 bits per heavy atom. The van der Waals surface area contributed by atoms with E-state index in [4.69, 9.17) is 0 Å². The number of hydrogen-bond donors (Lipinski definition) is 0. The highest BCUT2D eigenvalue weighted by atomic mass is 31.1. The van der Waals surface area contributed by atoms with Gasteiger partial charge in [-0.2, -0.15) is 0 Å². The minimum Gasteiger partial charge on any atom is -0.0922 e. The largest absolute Gasteiger partial charge is 0.0922 e. The molecule has 0 aliphatic heterocycles. The van der Waals surface area contributed by atoms with Gasteiger partial charge in [0.25, 0.3) is 0 Å². The van der Waals surface area contributed by atoms with Gasteiger partial charge < -0.3 is 0 Å². The molecule has 0 N–H and O–H groups in total. The van der Waals surface area contributed by atoms with Crippen LogP contribution in [0.2, 0.25) is 0 Å². The molecule has 0 aromatic rings. The standard InChI is InChI=1S/C14H29P/c1-11-9-8-10-12(11)15(13(2,3)4)14(5,6)7/h11-12H,8-10H2,1-7H3. The van der Waals surface area contributed by atoms with E-state index in [-0.39, 0.29) is 7.92 Å². The molecule has 2 unspecified atom stereocenters. The molecule has 90 valence electrons. The molecule has 0 aromatic carbocycles. The van der Waals surface area contributed by atoms with Gasteiger partial charge >= 0.3 is 0 Å². The van der Waals surface area contributed by atoms with Crippen molar-refractivity contribution in [1.82, 2.24) is 0 Å². The molecular weight excluding hydrogens is 199 g/mol. The summed E-state index contributed by atoms with van der Waals surface area (Å²) in [6, 6.07) is 0. The van der Waals surface area contributed by atoms with E-state index in [1.165, 1.54) is 19.3 Å². The van der Waals surface area contributed by atoms with Gasteiger partial charge in [0.1, 0.15) is 0 Å². The van der Waals surface area contributed by atoms with Crippen molar-refractivity contribution in [3.63, 3.8) is 0 Å². The normalized spacial score (nSPS) is 28.8. The van der Waals surface area contributed by atoms with Crippen LogP contribution in [0.5, 0.6) is 0 Å². The molecule has 1 fully saturated rings. The second-order valence-corrected chi connectivity index (χ2v) is 11.3. The Labute approximate surface area is 98.0 Å². The number of rotatable bonds is 1. The summed E-state index contributed by atoms with van der Waals surface area (Å²) in [6.07, 6.45) is 4.42. The second-order valence-electron chi connectivity index (χ2n) is 7.19. The monoisotopic (exact) mass is 228 g/mol. The Kier molecular flexibility index (Phi) is 3.92. The van der Waals surface area contributed by atoms with Gasteiger partial charge in [-0.1, -0.05) is 69.2 Å². The van der Waals surface area contributed by atoms with Crippen LogP contribution in [0.3, 0.4) is 0 Å². The zero-order chi connectivity index (χ0) is 11.9. The molecule has 0 saturated heterocycles. The molecule has 0 spiro atoms. The number of hydrogen-bond acceptors (Lipinski definition) is 0. The lowest BCUT2D eigenvalue weighted by molar-refractivity contribution is 0.587. The maximum absolute atomic E-state index is 2.48. The minimum absolute atomic E-state index is 0.117. The Balaban J connectivity index is 2.91. The highest BCUT2D eigenvalue weighted by Crippen LogP contribution is 2.66. The second kappa shape index (κ2) is 4.36. The van der Waals surface area contributed by atoms with Gasteiger partial charge in [-0.25, -0.2) is 0 Å². The van der Waals surface area contributed by atoms with E-state index in [0.717, 1.165) is 11.6 Å². The Morgan fingerprint density at radius 3 is 1.60 bits per heavy atom. The smallest absolute Gasteiger partial charge is 0.0172 e. The predicted molar refractivity (Wildman–Crippen MR) is 73.2 cm³/mol. The fourth-order valence-electron chi connectivity index (χ4n) is 3.51. The third kappa shape index (κ3) is 3.19. The average molecular weight is 228 g/mol. The summed E-state index contributed by atoms with van der Waals surface area (Å²) < 4.78 is 0. The Bertz CT molecular complexity index is 192. The molecule has 1 aliphatic carbocycles. The molecule has 2 atom stereocenters. The fourth-order valence-corrected chi connectivity index (χ4v) is 8.61. The zero-order valence-electron chi connectivity index (χ0n) is 11.7. The first kappa shape index (κ1) is 13.5. The zero-order valence-corrected chi connectivity index (χ0v) is 12.6. The first-order chi connectivity index (χ1) is 6.64. The van der Waals surface area contributed by atoms with E-state index in [1.54, 1.807) is 0 Å². The van der Waals surface area contributed by atoms with Crippen molar-refractivity contribution in [3.8, 4) is 0 Å². The van der Waals surface area contributed by atoms with Crippen LogP contribution >= 0.6 is 7.92 Å². The van der Waals surface area contributed by atoms with Crippen molar-refractivity contribution in [1.29, 1.82) is 0 Å². The van der Waals surface area contributed by atoms with Gasteiger partial charge in [0.15, 0.2) is 0 Å². The SMILES string of the molecule is CC1CCCC1P(C(C)(C)C)C(C)(C)C. The van der Waals surface area contributed by atoms with Gasteiger partial charge in [0.05, 0.1) is 0 Å². The summed E-state index contributed by atoms with van der Waals surface area (Å²) in [5.74, 6) is 0.967. The molecule has 0 aromatic heterocycles. The maximum atomic E-state index is 2.48. The van der Waals surface area contributed by atoms with E-state index in [0.29, 0.717) is 10.3 Å². The van der Waals surface area contributed by atoms with Gasteiger partial charge in [-0.3, -0.25) is 0 Å². The summed E-state index contributed by atoms with van der Waals surface area (Å²) >= 11 is 0. The van der Waals surface area contributed by atoms with Crippen LogP contribution in [0.4, 0.5) is 0 Å². The van der Waals surface area contributed by atoms with Gasteiger partial charge in [-0.05, 0) is 28.3 Å². The van der Waals surface area contributed by atoms with Crippen LogP contribution in [-0.2, 0) is 0 Å². The molecule has 0 amide bonds. The summed E-state index contributed by atoms with van der Waals surface area (Å²) in [5, 5.41) is 1.02. The van der Waals surface area contributed by atoms with Crippen LogP contribution in [0.1, 0.15) is 67.7 Å². The summed E-state index contributed by atoms with van der Waals surface area (Å²) in [7, 11) is 0.117. The third-order valence-corrected chi connectivity index (χ3v) is 7.91. The molecule has 15 heavy (non-hydrogen) atoms.